The molecule has 0 saturated carbocycles. The largest absolute Gasteiger partial charge is 0.508 e. The summed E-state index contributed by atoms with van der Waals surface area (Å²) in [6.07, 6.45) is 6.65. The van der Waals surface area contributed by atoms with Gasteiger partial charge in [0.05, 0.1) is 34.8 Å². The average molecular weight is 630 g/mol. The molecule has 8 rings (SSSR count). The van der Waals surface area contributed by atoms with E-state index in [4.69, 9.17) is 21.3 Å². The topological polar surface area (TPSA) is 244 Å². The van der Waals surface area contributed by atoms with Crippen LogP contribution >= 0.6 is 0 Å². The zero-order valence-electron chi connectivity index (χ0n) is 24.4. The Kier molecular flexibility index (Phi) is 7.14. The Labute approximate surface area is 263 Å². The predicted molar refractivity (Wildman–Crippen MR) is 169 cm³/mol. The molecule has 6 heterocycles. The smallest absolute Gasteiger partial charge is 0.199 e. The van der Waals surface area contributed by atoms with Gasteiger partial charge >= 0.3 is 0 Å². The first-order valence-electron chi connectivity index (χ1n) is 13.8. The lowest BCUT2D eigenvalue weighted by Crippen LogP contribution is -2.01. The third kappa shape index (κ3) is 5.18. The quantitative estimate of drug-likeness (QED) is 0.119. The van der Waals surface area contributed by atoms with E-state index in [0.29, 0.717) is 45.5 Å². The highest BCUT2D eigenvalue weighted by Gasteiger charge is 2.21. The van der Waals surface area contributed by atoms with E-state index in [1.54, 1.807) is 49.9 Å². The number of oxime groups is 1. The van der Waals surface area contributed by atoms with Gasteiger partial charge in [0.25, 0.3) is 0 Å². The lowest BCUT2D eigenvalue weighted by Gasteiger charge is -2.09. The summed E-state index contributed by atoms with van der Waals surface area (Å²) in [4.78, 5) is 17.2. The Bertz CT molecular complexity index is 2390. The Hall–Kier alpha value is -7.17. The maximum absolute atomic E-state index is 9.74. The Balaban J connectivity index is 0.000000151. The van der Waals surface area contributed by atoms with Crippen LogP contribution in [0.15, 0.2) is 99.9 Å². The van der Waals surface area contributed by atoms with Gasteiger partial charge in [-0.1, -0.05) is 23.4 Å². The van der Waals surface area contributed by atoms with E-state index in [1.165, 1.54) is 0 Å². The molecule has 0 aliphatic heterocycles. The maximum atomic E-state index is 9.74. The van der Waals surface area contributed by atoms with E-state index in [2.05, 4.69) is 50.3 Å². The average Bonchev–Trinajstić information content (AvgIpc) is 3.89. The van der Waals surface area contributed by atoms with Gasteiger partial charge in [-0.25, -0.2) is 19.2 Å². The van der Waals surface area contributed by atoms with Crippen molar-refractivity contribution in [2.45, 2.75) is 6.92 Å². The SMILES string of the molecule is CC(=NO)c1ccc(-n2c(-c3nonc3N)nc3cnccc32)cc1.Nc1nonc1-c1nc2cnccc2n1-c1cccc(O)c1. The zero-order chi connectivity index (χ0) is 32.5. The maximum Gasteiger partial charge on any atom is 0.199 e. The number of anilines is 2. The van der Waals surface area contributed by atoms with Crippen molar-refractivity contribution in [3.05, 3.63) is 91.0 Å². The Morgan fingerprint density at radius 3 is 1.77 bits per heavy atom. The van der Waals surface area contributed by atoms with Crippen LogP contribution in [0.4, 0.5) is 11.6 Å². The summed E-state index contributed by atoms with van der Waals surface area (Å²) in [6, 6.07) is 17.9. The van der Waals surface area contributed by atoms with Crippen LogP contribution in [0.25, 0.3) is 56.5 Å². The van der Waals surface area contributed by atoms with Crippen molar-refractivity contribution in [2.24, 2.45) is 5.16 Å². The van der Waals surface area contributed by atoms with Crippen molar-refractivity contribution in [3.63, 3.8) is 0 Å². The van der Waals surface area contributed by atoms with Crippen LogP contribution in [-0.2, 0) is 0 Å². The monoisotopic (exact) mass is 629 g/mol. The molecule has 47 heavy (non-hydrogen) atoms. The fourth-order valence-electron chi connectivity index (χ4n) is 4.95. The number of hydrogen-bond donors (Lipinski definition) is 4. The molecule has 0 amide bonds. The van der Waals surface area contributed by atoms with E-state index in [-0.39, 0.29) is 17.4 Å². The molecule has 0 fully saturated rings. The summed E-state index contributed by atoms with van der Waals surface area (Å²) in [5, 5.41) is 36.8. The summed E-state index contributed by atoms with van der Waals surface area (Å²) in [5.74, 6) is 1.41. The van der Waals surface area contributed by atoms with Crippen LogP contribution in [0.5, 0.6) is 5.75 Å². The van der Waals surface area contributed by atoms with Crippen molar-refractivity contribution >= 4 is 39.4 Å². The van der Waals surface area contributed by atoms with Crippen LogP contribution in [0.2, 0.25) is 0 Å². The molecule has 0 bridgehead atoms. The second-order valence-corrected chi connectivity index (χ2v) is 10.0. The number of fused-ring (bicyclic) bond motifs is 2. The van der Waals surface area contributed by atoms with Crippen molar-refractivity contribution in [3.8, 4) is 40.2 Å². The molecule has 17 heteroatoms. The number of hydrogen-bond acceptors (Lipinski definition) is 15. The third-order valence-corrected chi connectivity index (χ3v) is 7.15. The number of rotatable bonds is 5. The van der Waals surface area contributed by atoms with Crippen LogP contribution in [-0.4, -0.2) is 65.7 Å². The highest BCUT2D eigenvalue weighted by molar-refractivity contribution is 5.98. The number of pyridine rings is 2. The molecule has 2 aromatic carbocycles. The Morgan fingerprint density at radius 2 is 1.28 bits per heavy atom. The molecule has 6 N–H and O–H groups in total. The number of benzene rings is 2. The van der Waals surface area contributed by atoms with E-state index < -0.39 is 0 Å². The molecule has 0 unspecified atom stereocenters. The number of phenols is 1. The lowest BCUT2D eigenvalue weighted by atomic mass is 10.1. The van der Waals surface area contributed by atoms with Gasteiger partial charge in [0.2, 0.25) is 0 Å². The highest BCUT2D eigenvalue weighted by Crippen LogP contribution is 2.31. The number of aromatic hydroxyl groups is 1. The molecule has 232 valence electrons. The Morgan fingerprint density at radius 1 is 0.723 bits per heavy atom. The van der Waals surface area contributed by atoms with Gasteiger partial charge in [-0.15, -0.1) is 0 Å². The normalized spacial score (nSPS) is 11.6. The number of nitrogens with two attached hydrogens (primary N) is 2. The van der Waals surface area contributed by atoms with Gasteiger partial charge < -0.3 is 21.8 Å². The van der Waals surface area contributed by atoms with Gasteiger partial charge in [-0.3, -0.25) is 19.1 Å². The summed E-state index contributed by atoms with van der Waals surface area (Å²) >= 11 is 0. The first-order valence-corrected chi connectivity index (χ1v) is 13.8. The summed E-state index contributed by atoms with van der Waals surface area (Å²) in [5.41, 5.74) is 18.2. The summed E-state index contributed by atoms with van der Waals surface area (Å²) < 4.78 is 13.1. The fraction of sp³-hybridized carbons (Fsp3) is 0.0333. The standard InChI is InChI=1S/C16H13N7O2.C14H10N6O2/c1-9(20-24)10-2-4-11(5-3-10)23-13-6-7-18-8-12(13)19-16(23)14-15(17)22-25-21-14;15-13-12(18-22-19-13)14-17-10-7-16-5-4-11(10)20(14)8-2-1-3-9(21)6-8/h2-8,24H,1H3,(H2,17,22);1-7,21H,(H2,15,19). The van der Waals surface area contributed by atoms with Gasteiger partial charge in [-0.05, 0) is 69.5 Å². The minimum Gasteiger partial charge on any atom is -0.508 e. The molecular weight excluding hydrogens is 606 g/mol. The lowest BCUT2D eigenvalue weighted by molar-refractivity contribution is 0.310. The van der Waals surface area contributed by atoms with E-state index in [1.807, 2.05) is 51.6 Å². The number of nitrogens with zero attached hydrogens (tertiary/aromatic N) is 11. The molecule has 0 saturated heterocycles. The first-order chi connectivity index (χ1) is 22.9. The highest BCUT2D eigenvalue weighted by atomic mass is 16.6. The second kappa shape index (κ2) is 11.7. The number of imidazole rings is 2. The van der Waals surface area contributed by atoms with Crippen LogP contribution < -0.4 is 11.5 Å². The van der Waals surface area contributed by atoms with E-state index >= 15 is 0 Å². The van der Waals surface area contributed by atoms with Crippen molar-refractivity contribution in [1.29, 1.82) is 0 Å². The molecule has 6 aromatic heterocycles. The van der Waals surface area contributed by atoms with Crippen LogP contribution in [0.3, 0.4) is 0 Å². The first kappa shape index (κ1) is 28.6. The molecule has 17 nitrogen and oxygen atoms in total. The molecule has 0 radical (unpaired) electrons. The zero-order valence-corrected chi connectivity index (χ0v) is 24.4. The molecule has 8 aromatic rings. The predicted octanol–water partition coefficient (Wildman–Crippen LogP) is 4.01. The molecule has 0 spiro atoms. The molecule has 0 aliphatic rings. The summed E-state index contributed by atoms with van der Waals surface area (Å²) in [6.45, 7) is 1.72. The third-order valence-electron chi connectivity index (χ3n) is 7.15. The van der Waals surface area contributed by atoms with E-state index in [9.17, 15) is 5.11 Å². The van der Waals surface area contributed by atoms with Crippen molar-refractivity contribution in [2.75, 3.05) is 11.5 Å². The fourth-order valence-corrected chi connectivity index (χ4v) is 4.95. The van der Waals surface area contributed by atoms with Gasteiger partial charge in [-0.2, -0.15) is 0 Å². The van der Waals surface area contributed by atoms with Crippen molar-refractivity contribution in [1.82, 2.24) is 49.7 Å². The van der Waals surface area contributed by atoms with Crippen LogP contribution in [0, 0.1) is 0 Å². The molecule has 0 atom stereocenters. The van der Waals surface area contributed by atoms with Gasteiger partial charge in [0.15, 0.2) is 34.7 Å². The van der Waals surface area contributed by atoms with Gasteiger partial charge in [0, 0.05) is 24.1 Å². The van der Waals surface area contributed by atoms with E-state index in [0.717, 1.165) is 22.3 Å². The minimum absolute atomic E-state index is 0.143. The second-order valence-electron chi connectivity index (χ2n) is 10.0. The minimum atomic E-state index is 0.143. The number of nitrogen functional groups attached to an aromatic ring is 2. The van der Waals surface area contributed by atoms with Crippen molar-refractivity contribution < 1.29 is 19.6 Å². The summed E-state index contributed by atoms with van der Waals surface area (Å²) in [7, 11) is 0. The molecular formula is C30H23N13O4. The van der Waals surface area contributed by atoms with Crippen LogP contribution in [0.1, 0.15) is 12.5 Å². The van der Waals surface area contributed by atoms with Gasteiger partial charge in [0.1, 0.15) is 16.8 Å². The number of aromatic nitrogens is 10. The molecule has 0 aliphatic carbocycles. The number of phenolic OH excluding ortho intramolecular Hbond substituents is 1.